The molecule has 1 aromatic carbocycles. The lowest BCUT2D eigenvalue weighted by Crippen LogP contribution is -2.29. The van der Waals surface area contributed by atoms with Gasteiger partial charge in [-0.05, 0) is 19.4 Å². The number of nitro groups is 2. The number of nitro benzene ring substituents is 1. The topological polar surface area (TPSA) is 134 Å². The molecule has 0 spiro atoms. The number of hydrogen-bond acceptors (Lipinski definition) is 8. The molecule has 0 aliphatic carbocycles. The van der Waals surface area contributed by atoms with E-state index in [4.69, 9.17) is 4.74 Å². The zero-order valence-electron chi connectivity index (χ0n) is 13.6. The van der Waals surface area contributed by atoms with Crippen molar-refractivity contribution < 1.29 is 24.1 Å². The van der Waals surface area contributed by atoms with Gasteiger partial charge in [-0.15, -0.1) is 0 Å². The summed E-state index contributed by atoms with van der Waals surface area (Å²) in [6.45, 7) is 3.07. The molecule has 132 valence electrons. The highest BCUT2D eigenvalue weighted by atomic mass is 16.7. The summed E-state index contributed by atoms with van der Waals surface area (Å²) >= 11 is 0. The van der Waals surface area contributed by atoms with Crippen LogP contribution in [0.2, 0.25) is 0 Å². The number of non-ortho nitro benzene ring substituents is 1. The maximum absolute atomic E-state index is 11.6. The van der Waals surface area contributed by atoms with Gasteiger partial charge in [-0.1, -0.05) is 12.1 Å². The predicted octanol–water partition coefficient (Wildman–Crippen LogP) is 2.80. The molecular weight excluding hydrogens is 334 g/mol. The zero-order valence-corrected chi connectivity index (χ0v) is 13.6. The van der Waals surface area contributed by atoms with Crippen LogP contribution < -0.4 is 5.32 Å². The van der Waals surface area contributed by atoms with Crippen LogP contribution in [0.25, 0.3) is 0 Å². The fraction of sp³-hybridized carbons (Fsp3) is 0.267. The first-order valence-corrected chi connectivity index (χ1v) is 7.09. The van der Waals surface area contributed by atoms with Crippen molar-refractivity contribution in [2.24, 2.45) is 0 Å². The van der Waals surface area contributed by atoms with Crippen molar-refractivity contribution in [1.29, 1.82) is 0 Å². The van der Waals surface area contributed by atoms with E-state index in [0.717, 1.165) is 7.11 Å². The Morgan fingerprint density at radius 1 is 1.16 bits per heavy atom. The van der Waals surface area contributed by atoms with Gasteiger partial charge in [0.15, 0.2) is 0 Å². The second-order valence-corrected chi connectivity index (χ2v) is 5.22. The first-order chi connectivity index (χ1) is 11.8. The number of rotatable bonds is 4. The van der Waals surface area contributed by atoms with Gasteiger partial charge in [0, 0.05) is 12.1 Å². The quantitative estimate of drug-likeness (QED) is 0.498. The highest BCUT2D eigenvalue weighted by Crippen LogP contribution is 2.39. The summed E-state index contributed by atoms with van der Waals surface area (Å²) in [4.78, 5) is 32.9. The van der Waals surface area contributed by atoms with Gasteiger partial charge in [-0.2, -0.15) is 0 Å². The molecule has 1 N–H and O–H groups in total. The Balaban J connectivity index is 2.64. The van der Waals surface area contributed by atoms with Crippen LogP contribution in [0.15, 0.2) is 47.1 Å². The second kappa shape index (κ2) is 6.99. The van der Waals surface area contributed by atoms with Gasteiger partial charge in [-0.25, -0.2) is 4.79 Å². The Morgan fingerprint density at radius 3 is 2.40 bits per heavy atom. The van der Waals surface area contributed by atoms with Crippen molar-refractivity contribution in [3.63, 3.8) is 0 Å². The lowest BCUT2D eigenvalue weighted by molar-refractivity contribution is -0.431. The highest BCUT2D eigenvalue weighted by Gasteiger charge is 2.40. The van der Waals surface area contributed by atoms with Crippen molar-refractivity contribution in [3.8, 4) is 0 Å². The van der Waals surface area contributed by atoms with Crippen LogP contribution in [-0.4, -0.2) is 23.1 Å². The van der Waals surface area contributed by atoms with E-state index in [2.05, 4.69) is 10.1 Å². The number of carbonyl (C=O) groups excluding carboxylic acids is 1. The number of dihydropyridines is 1. The molecule has 2 rings (SSSR count). The van der Waals surface area contributed by atoms with Crippen LogP contribution in [0.1, 0.15) is 25.3 Å². The van der Waals surface area contributed by atoms with Crippen molar-refractivity contribution in [3.05, 3.63) is 72.9 Å². The fourth-order valence-electron chi connectivity index (χ4n) is 2.60. The average Bonchev–Trinajstić information content (AvgIpc) is 2.56. The third-order valence-corrected chi connectivity index (χ3v) is 3.64. The monoisotopic (exact) mass is 349 g/mol. The van der Waals surface area contributed by atoms with Crippen LogP contribution >= 0.6 is 0 Å². The van der Waals surface area contributed by atoms with Crippen LogP contribution in [0.5, 0.6) is 0 Å². The lowest BCUT2D eigenvalue weighted by Gasteiger charge is -2.26. The molecule has 25 heavy (non-hydrogen) atoms. The number of allylic oxidation sites excluding steroid dienone is 2. The van der Waals surface area contributed by atoms with Crippen molar-refractivity contribution in [1.82, 2.24) is 5.32 Å². The molecule has 0 saturated heterocycles. The van der Waals surface area contributed by atoms with Gasteiger partial charge < -0.3 is 14.8 Å². The highest BCUT2D eigenvalue weighted by molar-refractivity contribution is 5.62. The van der Waals surface area contributed by atoms with Crippen molar-refractivity contribution in [2.75, 3.05) is 7.11 Å². The summed E-state index contributed by atoms with van der Waals surface area (Å²) in [6, 6.07) is 5.38. The molecule has 10 nitrogen and oxygen atoms in total. The van der Waals surface area contributed by atoms with E-state index in [0.29, 0.717) is 5.70 Å². The molecule has 1 heterocycles. The van der Waals surface area contributed by atoms with Gasteiger partial charge in [0.2, 0.25) is 0 Å². The first-order valence-electron chi connectivity index (χ1n) is 7.09. The summed E-state index contributed by atoms with van der Waals surface area (Å²) in [5, 5.41) is 25.3. The summed E-state index contributed by atoms with van der Waals surface area (Å²) in [5.74, 6) is -1.15. The summed E-state index contributed by atoms with van der Waals surface area (Å²) < 4.78 is 9.55. The molecule has 1 aromatic rings. The maximum atomic E-state index is 11.6. The van der Waals surface area contributed by atoms with Gasteiger partial charge in [0.25, 0.3) is 11.4 Å². The van der Waals surface area contributed by atoms with Crippen molar-refractivity contribution >= 4 is 11.8 Å². The van der Waals surface area contributed by atoms with E-state index < -0.39 is 21.9 Å². The van der Waals surface area contributed by atoms with Gasteiger partial charge in [-0.3, -0.25) is 20.2 Å². The third kappa shape index (κ3) is 3.57. The Morgan fingerprint density at radius 2 is 1.84 bits per heavy atom. The number of benzene rings is 1. The smallest absolute Gasteiger partial charge is 0.437 e. The average molecular weight is 349 g/mol. The van der Waals surface area contributed by atoms with E-state index in [1.165, 1.54) is 31.2 Å². The Bertz CT molecular complexity index is 813. The minimum absolute atomic E-state index is 0.0513. The SMILES string of the molecule is COC(=O)OC1=C(C)NC(C)=C([N+](=O)[O-])C1c1cccc([N+](=O)[O-])c1. The molecule has 10 heteroatoms. The van der Waals surface area contributed by atoms with E-state index in [-0.39, 0.29) is 28.4 Å². The molecule has 1 aliphatic heterocycles. The van der Waals surface area contributed by atoms with Crippen LogP contribution in [0.4, 0.5) is 10.5 Å². The molecule has 0 aromatic heterocycles. The van der Waals surface area contributed by atoms with E-state index >= 15 is 0 Å². The van der Waals surface area contributed by atoms with Gasteiger partial charge in [0.05, 0.1) is 28.4 Å². The maximum Gasteiger partial charge on any atom is 0.513 e. The molecule has 1 atom stereocenters. The summed E-state index contributed by atoms with van der Waals surface area (Å²) in [5.41, 5.74) is 0.359. The third-order valence-electron chi connectivity index (χ3n) is 3.64. The number of hydrogen-bond donors (Lipinski definition) is 1. The predicted molar refractivity (Wildman–Crippen MR) is 84.9 cm³/mol. The number of carbonyl (C=O) groups is 1. The Kier molecular flexibility index (Phi) is 5.01. The molecule has 1 aliphatic rings. The minimum atomic E-state index is -1.10. The van der Waals surface area contributed by atoms with Gasteiger partial charge in [0.1, 0.15) is 11.7 Å². The summed E-state index contributed by atoms with van der Waals surface area (Å²) in [6.07, 6.45) is -1.05. The molecule has 0 amide bonds. The number of methoxy groups -OCH3 is 1. The zero-order chi connectivity index (χ0) is 18.7. The number of nitrogens with one attached hydrogen (secondary N) is 1. The van der Waals surface area contributed by atoms with Crippen LogP contribution in [0, 0.1) is 20.2 Å². The summed E-state index contributed by atoms with van der Waals surface area (Å²) in [7, 11) is 1.10. The molecular formula is C15H15N3O7. The van der Waals surface area contributed by atoms with Crippen molar-refractivity contribution in [2.45, 2.75) is 19.8 Å². The molecule has 0 saturated carbocycles. The Hall–Kier alpha value is -3.43. The first kappa shape index (κ1) is 17.9. The molecule has 0 bridgehead atoms. The second-order valence-electron chi connectivity index (χ2n) is 5.22. The van der Waals surface area contributed by atoms with Crippen LogP contribution in [0.3, 0.4) is 0 Å². The largest absolute Gasteiger partial charge is 0.513 e. The van der Waals surface area contributed by atoms with E-state index in [1.807, 2.05) is 0 Å². The van der Waals surface area contributed by atoms with Gasteiger partial charge >= 0.3 is 6.16 Å². The fourth-order valence-corrected chi connectivity index (χ4v) is 2.60. The minimum Gasteiger partial charge on any atom is -0.437 e. The lowest BCUT2D eigenvalue weighted by atomic mass is 9.89. The number of nitrogens with zero attached hydrogens (tertiary/aromatic N) is 2. The molecule has 0 radical (unpaired) electrons. The number of ether oxygens (including phenoxy) is 2. The van der Waals surface area contributed by atoms with E-state index in [1.54, 1.807) is 6.92 Å². The standard InChI is InChI=1S/C15H15N3O7/c1-8-13(18(22)23)12(10-5-4-6-11(7-10)17(20)21)14(9(2)16-8)25-15(19)24-3/h4-7,12,16H,1-3H3. The normalized spacial score (nSPS) is 17.0. The molecule has 0 fully saturated rings. The molecule has 1 unspecified atom stereocenters. The van der Waals surface area contributed by atoms with E-state index in [9.17, 15) is 25.0 Å². The Labute approximate surface area is 142 Å². The van der Waals surface area contributed by atoms with Crippen LogP contribution in [-0.2, 0) is 9.47 Å².